The molecule has 1 fully saturated rings. The van der Waals surface area contributed by atoms with Gasteiger partial charge in [-0.2, -0.15) is 11.8 Å². The minimum atomic E-state index is 0.0616. The molecule has 0 aromatic carbocycles. The van der Waals surface area contributed by atoms with Gasteiger partial charge >= 0.3 is 0 Å². The number of amides is 1. The Morgan fingerprint density at radius 1 is 1.41 bits per heavy atom. The summed E-state index contributed by atoms with van der Waals surface area (Å²) >= 11 is 1.85. The second kappa shape index (κ2) is 6.00. The monoisotopic (exact) mass is 251 g/mol. The molecule has 1 aliphatic rings. The van der Waals surface area contributed by atoms with Crippen LogP contribution in [0.25, 0.3) is 0 Å². The molecule has 0 spiro atoms. The Balaban J connectivity index is 2.08. The highest BCUT2D eigenvalue weighted by Crippen LogP contribution is 2.21. The Labute approximate surface area is 106 Å². The maximum atomic E-state index is 12.3. The van der Waals surface area contributed by atoms with Gasteiger partial charge in [0.05, 0.1) is 5.56 Å². The summed E-state index contributed by atoms with van der Waals surface area (Å²) in [6, 6.07) is 0. The number of hydrogen-bond donors (Lipinski definition) is 0. The summed E-state index contributed by atoms with van der Waals surface area (Å²) in [6.07, 6.45) is 10.3. The van der Waals surface area contributed by atoms with E-state index in [-0.39, 0.29) is 5.91 Å². The van der Waals surface area contributed by atoms with Crippen molar-refractivity contribution in [2.45, 2.75) is 24.5 Å². The quantitative estimate of drug-likeness (QED) is 0.804. The van der Waals surface area contributed by atoms with Gasteiger partial charge in [-0.25, -0.2) is 9.97 Å². The molecule has 17 heavy (non-hydrogen) atoms. The minimum absolute atomic E-state index is 0.0616. The zero-order valence-corrected chi connectivity index (χ0v) is 10.8. The van der Waals surface area contributed by atoms with Crippen molar-refractivity contribution >= 4 is 17.7 Å². The average molecular weight is 251 g/mol. The molecule has 0 aliphatic carbocycles. The fourth-order valence-corrected chi connectivity index (χ4v) is 2.80. The van der Waals surface area contributed by atoms with E-state index >= 15 is 0 Å². The summed E-state index contributed by atoms with van der Waals surface area (Å²) in [4.78, 5) is 22.0. The van der Waals surface area contributed by atoms with Crippen molar-refractivity contribution in [2.24, 2.45) is 0 Å². The third-order valence-electron chi connectivity index (χ3n) is 3.06. The van der Waals surface area contributed by atoms with Crippen LogP contribution in [0.5, 0.6) is 0 Å². The highest BCUT2D eigenvalue weighted by Gasteiger charge is 2.22. The highest BCUT2D eigenvalue weighted by atomic mass is 32.2. The van der Waals surface area contributed by atoms with Gasteiger partial charge in [-0.05, 0) is 19.1 Å². The SMILES string of the molecule is CSC1CCCCN(C(=O)c2cncnc2)C1. The van der Waals surface area contributed by atoms with E-state index < -0.39 is 0 Å². The third-order valence-corrected chi connectivity index (χ3v) is 4.11. The number of nitrogens with zero attached hydrogens (tertiary/aromatic N) is 3. The van der Waals surface area contributed by atoms with E-state index in [1.54, 1.807) is 12.4 Å². The van der Waals surface area contributed by atoms with Crippen LogP contribution < -0.4 is 0 Å². The van der Waals surface area contributed by atoms with Gasteiger partial charge in [-0.1, -0.05) is 6.42 Å². The van der Waals surface area contributed by atoms with Crippen molar-refractivity contribution < 1.29 is 4.79 Å². The van der Waals surface area contributed by atoms with Gasteiger partial charge in [0.25, 0.3) is 5.91 Å². The molecule has 2 heterocycles. The first-order chi connectivity index (χ1) is 8.31. The predicted molar refractivity (Wildman–Crippen MR) is 69.1 cm³/mol. The Bertz CT molecular complexity index is 371. The van der Waals surface area contributed by atoms with Crippen molar-refractivity contribution in [3.8, 4) is 0 Å². The number of likely N-dealkylation sites (tertiary alicyclic amines) is 1. The fraction of sp³-hybridized carbons (Fsp3) is 0.583. The molecule has 1 saturated heterocycles. The largest absolute Gasteiger partial charge is 0.337 e. The summed E-state index contributed by atoms with van der Waals surface area (Å²) in [5, 5.41) is 0.561. The average Bonchev–Trinajstić information content (AvgIpc) is 2.64. The first-order valence-electron chi connectivity index (χ1n) is 5.88. The molecule has 1 aliphatic heterocycles. The molecular weight excluding hydrogens is 234 g/mol. The summed E-state index contributed by atoms with van der Waals surface area (Å²) in [6.45, 7) is 1.69. The van der Waals surface area contributed by atoms with Crippen molar-refractivity contribution in [3.63, 3.8) is 0 Å². The van der Waals surface area contributed by atoms with Crippen LogP contribution in [-0.2, 0) is 0 Å². The lowest BCUT2D eigenvalue weighted by atomic mass is 10.2. The maximum absolute atomic E-state index is 12.3. The Hall–Kier alpha value is -1.10. The number of carbonyl (C=O) groups is 1. The van der Waals surface area contributed by atoms with E-state index in [0.29, 0.717) is 10.8 Å². The van der Waals surface area contributed by atoms with E-state index in [2.05, 4.69) is 16.2 Å². The van der Waals surface area contributed by atoms with E-state index in [1.807, 2.05) is 16.7 Å². The molecular formula is C12H17N3OS. The third kappa shape index (κ3) is 3.19. The molecule has 0 bridgehead atoms. The van der Waals surface area contributed by atoms with Gasteiger partial charge in [-0.15, -0.1) is 0 Å². The smallest absolute Gasteiger partial charge is 0.257 e. The fourth-order valence-electron chi connectivity index (χ4n) is 2.07. The van der Waals surface area contributed by atoms with Crippen LogP contribution in [-0.4, -0.2) is 45.4 Å². The number of thioether (sulfide) groups is 1. The standard InChI is InChI=1S/C12H17N3OS/c1-17-11-4-2-3-5-15(8-11)12(16)10-6-13-9-14-7-10/h6-7,9,11H,2-5,8H2,1H3. The molecule has 92 valence electrons. The molecule has 0 N–H and O–H groups in total. The first-order valence-corrected chi connectivity index (χ1v) is 7.17. The number of aromatic nitrogens is 2. The van der Waals surface area contributed by atoms with Gasteiger partial charge in [-0.3, -0.25) is 4.79 Å². The molecule has 1 unspecified atom stereocenters. The Kier molecular flexibility index (Phi) is 4.36. The molecule has 1 aromatic rings. The van der Waals surface area contributed by atoms with Crippen LogP contribution in [0.3, 0.4) is 0 Å². The molecule has 1 amide bonds. The second-order valence-corrected chi connectivity index (χ2v) is 5.37. The maximum Gasteiger partial charge on any atom is 0.257 e. The summed E-state index contributed by atoms with van der Waals surface area (Å²) in [5.74, 6) is 0.0616. The lowest BCUT2D eigenvalue weighted by Gasteiger charge is -2.23. The van der Waals surface area contributed by atoms with Crippen LogP contribution in [0.15, 0.2) is 18.7 Å². The van der Waals surface area contributed by atoms with Crippen molar-refractivity contribution in [1.82, 2.24) is 14.9 Å². The van der Waals surface area contributed by atoms with Gasteiger partial charge in [0.15, 0.2) is 0 Å². The van der Waals surface area contributed by atoms with E-state index in [1.165, 1.54) is 19.2 Å². The van der Waals surface area contributed by atoms with Crippen LogP contribution in [0, 0.1) is 0 Å². The predicted octanol–water partition coefficient (Wildman–Crippen LogP) is 1.83. The highest BCUT2D eigenvalue weighted by molar-refractivity contribution is 7.99. The molecule has 1 aromatic heterocycles. The summed E-state index contributed by atoms with van der Waals surface area (Å²) < 4.78 is 0. The van der Waals surface area contributed by atoms with Crippen LogP contribution in [0.4, 0.5) is 0 Å². The van der Waals surface area contributed by atoms with Crippen LogP contribution >= 0.6 is 11.8 Å². The van der Waals surface area contributed by atoms with E-state index in [0.717, 1.165) is 19.5 Å². The van der Waals surface area contributed by atoms with E-state index in [4.69, 9.17) is 0 Å². The number of hydrogen-bond acceptors (Lipinski definition) is 4. The normalized spacial score (nSPS) is 21.0. The molecule has 5 heteroatoms. The van der Waals surface area contributed by atoms with Crippen molar-refractivity contribution in [1.29, 1.82) is 0 Å². The summed E-state index contributed by atoms with van der Waals surface area (Å²) in [5.41, 5.74) is 0.592. The Morgan fingerprint density at radius 3 is 2.88 bits per heavy atom. The van der Waals surface area contributed by atoms with Crippen LogP contribution in [0.2, 0.25) is 0 Å². The van der Waals surface area contributed by atoms with Crippen molar-refractivity contribution in [2.75, 3.05) is 19.3 Å². The zero-order chi connectivity index (χ0) is 12.1. The first kappa shape index (κ1) is 12.4. The van der Waals surface area contributed by atoms with Gasteiger partial charge in [0, 0.05) is 30.7 Å². The molecule has 2 rings (SSSR count). The lowest BCUT2D eigenvalue weighted by molar-refractivity contribution is 0.0762. The Morgan fingerprint density at radius 2 is 2.18 bits per heavy atom. The lowest BCUT2D eigenvalue weighted by Crippen LogP contribution is -2.35. The van der Waals surface area contributed by atoms with Crippen LogP contribution in [0.1, 0.15) is 29.6 Å². The van der Waals surface area contributed by atoms with Gasteiger partial charge in [0.2, 0.25) is 0 Å². The molecule has 4 nitrogen and oxygen atoms in total. The van der Waals surface area contributed by atoms with Gasteiger partial charge in [0.1, 0.15) is 6.33 Å². The molecule has 0 saturated carbocycles. The van der Waals surface area contributed by atoms with E-state index in [9.17, 15) is 4.79 Å². The minimum Gasteiger partial charge on any atom is -0.337 e. The molecule has 1 atom stereocenters. The van der Waals surface area contributed by atoms with Gasteiger partial charge < -0.3 is 4.90 Å². The summed E-state index contributed by atoms with van der Waals surface area (Å²) in [7, 11) is 0. The number of rotatable bonds is 2. The number of carbonyl (C=O) groups excluding carboxylic acids is 1. The topological polar surface area (TPSA) is 46.1 Å². The zero-order valence-electron chi connectivity index (χ0n) is 10.0. The van der Waals surface area contributed by atoms with Crippen molar-refractivity contribution in [3.05, 3.63) is 24.3 Å². The molecule has 0 radical (unpaired) electrons. The second-order valence-electron chi connectivity index (χ2n) is 4.23.